The summed E-state index contributed by atoms with van der Waals surface area (Å²) >= 11 is 17.4. The zero-order chi connectivity index (χ0) is 17.9. The molecule has 0 amide bonds. The van der Waals surface area contributed by atoms with Gasteiger partial charge in [0.1, 0.15) is 17.2 Å². The standard InChI is InChI=1S/C15H15Cl2N3O3S/c1-22-13-6-14(23-2)11(4-8(13)17)20-15(24)19-10-5-12(21)9(18)3-7(10)16/h3-6,21H,18H2,1-2H3,(H2,19,20,24). The predicted molar refractivity (Wildman–Crippen MR) is 102 cm³/mol. The molecule has 0 atom stereocenters. The van der Waals surface area contributed by atoms with Gasteiger partial charge in [0, 0.05) is 12.1 Å². The van der Waals surface area contributed by atoms with Gasteiger partial charge in [-0.3, -0.25) is 0 Å². The van der Waals surface area contributed by atoms with E-state index in [2.05, 4.69) is 10.6 Å². The second kappa shape index (κ2) is 7.65. The molecule has 5 N–H and O–H groups in total. The van der Waals surface area contributed by atoms with Crippen LogP contribution in [0.15, 0.2) is 24.3 Å². The van der Waals surface area contributed by atoms with Crippen molar-refractivity contribution in [3.05, 3.63) is 34.3 Å². The molecule has 0 fully saturated rings. The van der Waals surface area contributed by atoms with Gasteiger partial charge in [-0.15, -0.1) is 0 Å². The largest absolute Gasteiger partial charge is 0.506 e. The zero-order valence-electron chi connectivity index (χ0n) is 12.8. The molecular formula is C15H15Cl2N3O3S. The number of hydrogen-bond donors (Lipinski definition) is 4. The molecule has 128 valence electrons. The molecule has 0 saturated carbocycles. The molecular weight excluding hydrogens is 373 g/mol. The van der Waals surface area contributed by atoms with Crippen molar-refractivity contribution in [2.24, 2.45) is 0 Å². The Balaban J connectivity index is 2.21. The average Bonchev–Trinajstić information content (AvgIpc) is 2.53. The summed E-state index contributed by atoms with van der Waals surface area (Å²) in [6.45, 7) is 0. The fraction of sp³-hybridized carbons (Fsp3) is 0.133. The molecule has 0 aliphatic carbocycles. The number of halogens is 2. The Hall–Kier alpha value is -2.09. The maximum absolute atomic E-state index is 9.66. The summed E-state index contributed by atoms with van der Waals surface area (Å²) in [7, 11) is 3.02. The summed E-state index contributed by atoms with van der Waals surface area (Å²) in [6.07, 6.45) is 0. The summed E-state index contributed by atoms with van der Waals surface area (Å²) in [5.41, 5.74) is 6.69. The third-order valence-corrected chi connectivity index (χ3v) is 3.90. The minimum Gasteiger partial charge on any atom is -0.506 e. The van der Waals surface area contributed by atoms with Crippen molar-refractivity contribution in [2.45, 2.75) is 0 Å². The molecule has 24 heavy (non-hydrogen) atoms. The number of ether oxygens (including phenoxy) is 2. The smallest absolute Gasteiger partial charge is 0.175 e. The van der Waals surface area contributed by atoms with Gasteiger partial charge in [-0.25, -0.2) is 0 Å². The molecule has 0 radical (unpaired) electrons. The van der Waals surface area contributed by atoms with Gasteiger partial charge in [0.25, 0.3) is 0 Å². The van der Waals surface area contributed by atoms with E-state index in [0.29, 0.717) is 32.9 Å². The van der Waals surface area contributed by atoms with Crippen LogP contribution in [0, 0.1) is 0 Å². The van der Waals surface area contributed by atoms with Crippen molar-refractivity contribution in [2.75, 3.05) is 30.6 Å². The lowest BCUT2D eigenvalue weighted by atomic mass is 10.2. The lowest BCUT2D eigenvalue weighted by molar-refractivity contribution is 0.396. The maximum atomic E-state index is 9.66. The van der Waals surface area contributed by atoms with Crippen LogP contribution in [0.25, 0.3) is 0 Å². The van der Waals surface area contributed by atoms with Crippen molar-refractivity contribution in [1.82, 2.24) is 0 Å². The van der Waals surface area contributed by atoms with Crippen molar-refractivity contribution >= 4 is 57.6 Å². The molecule has 0 saturated heterocycles. The summed E-state index contributed by atoms with van der Waals surface area (Å²) in [5.74, 6) is 0.867. The Morgan fingerprint density at radius 1 is 1.00 bits per heavy atom. The molecule has 9 heteroatoms. The molecule has 0 bridgehead atoms. The first-order chi connectivity index (χ1) is 11.3. The highest BCUT2D eigenvalue weighted by Crippen LogP contribution is 2.36. The second-order valence-electron chi connectivity index (χ2n) is 4.66. The lowest BCUT2D eigenvalue weighted by Crippen LogP contribution is -2.19. The van der Waals surface area contributed by atoms with Crippen LogP contribution in [0.5, 0.6) is 17.2 Å². The molecule has 0 unspecified atom stereocenters. The number of aromatic hydroxyl groups is 1. The molecule has 0 spiro atoms. The van der Waals surface area contributed by atoms with E-state index in [4.69, 9.17) is 50.6 Å². The van der Waals surface area contributed by atoms with E-state index in [0.717, 1.165) is 0 Å². The van der Waals surface area contributed by atoms with Gasteiger partial charge in [-0.1, -0.05) is 23.2 Å². The number of methoxy groups -OCH3 is 2. The summed E-state index contributed by atoms with van der Waals surface area (Å²) in [5, 5.41) is 16.4. The second-order valence-corrected chi connectivity index (χ2v) is 5.88. The highest BCUT2D eigenvalue weighted by atomic mass is 35.5. The molecule has 6 nitrogen and oxygen atoms in total. The molecule has 2 rings (SSSR count). The first kappa shape index (κ1) is 18.3. The number of anilines is 3. The van der Waals surface area contributed by atoms with Gasteiger partial charge in [0.05, 0.1) is 41.3 Å². The summed E-state index contributed by atoms with van der Waals surface area (Å²) in [4.78, 5) is 0. The Morgan fingerprint density at radius 3 is 2.25 bits per heavy atom. The van der Waals surface area contributed by atoms with Gasteiger partial charge in [0.2, 0.25) is 0 Å². The number of rotatable bonds is 4. The van der Waals surface area contributed by atoms with Crippen molar-refractivity contribution in [3.8, 4) is 17.2 Å². The van der Waals surface area contributed by atoms with E-state index in [9.17, 15) is 5.11 Å². The van der Waals surface area contributed by atoms with Gasteiger partial charge >= 0.3 is 0 Å². The quantitative estimate of drug-likeness (QED) is 0.356. The fourth-order valence-corrected chi connectivity index (χ4v) is 2.59. The number of phenols is 1. The number of thiocarbonyl (C=S) groups is 1. The number of phenolic OH excluding ortho intramolecular Hbond substituents is 1. The van der Waals surface area contributed by atoms with Gasteiger partial charge < -0.3 is 30.9 Å². The normalized spacial score (nSPS) is 10.2. The Kier molecular flexibility index (Phi) is 5.82. The molecule has 0 aromatic heterocycles. The van der Waals surface area contributed by atoms with Crippen molar-refractivity contribution < 1.29 is 14.6 Å². The fourth-order valence-electron chi connectivity index (χ4n) is 1.91. The highest BCUT2D eigenvalue weighted by Gasteiger charge is 2.12. The van der Waals surface area contributed by atoms with Gasteiger partial charge in [-0.2, -0.15) is 0 Å². The van der Waals surface area contributed by atoms with E-state index < -0.39 is 0 Å². The van der Waals surface area contributed by atoms with Gasteiger partial charge in [0.15, 0.2) is 5.11 Å². The zero-order valence-corrected chi connectivity index (χ0v) is 15.1. The SMILES string of the molecule is COc1cc(OC)c(NC(=S)Nc2cc(O)c(N)cc2Cl)cc1Cl. The van der Waals surface area contributed by atoms with Crippen LogP contribution >= 0.6 is 35.4 Å². The van der Waals surface area contributed by atoms with E-state index in [1.807, 2.05) is 0 Å². The number of nitrogens with two attached hydrogens (primary N) is 1. The van der Waals surface area contributed by atoms with Crippen molar-refractivity contribution in [1.29, 1.82) is 0 Å². The van der Waals surface area contributed by atoms with Crippen LogP contribution in [0.3, 0.4) is 0 Å². The Bertz CT molecular complexity index is 787. The van der Waals surface area contributed by atoms with Crippen molar-refractivity contribution in [3.63, 3.8) is 0 Å². The summed E-state index contributed by atoms with van der Waals surface area (Å²) < 4.78 is 10.4. The van der Waals surface area contributed by atoms with E-state index in [-0.39, 0.29) is 16.5 Å². The number of benzene rings is 2. The first-order valence-electron chi connectivity index (χ1n) is 6.63. The monoisotopic (exact) mass is 387 g/mol. The van der Waals surface area contributed by atoms with Crippen LogP contribution in [0.2, 0.25) is 10.0 Å². The molecule has 2 aromatic rings. The first-order valence-corrected chi connectivity index (χ1v) is 7.79. The minimum absolute atomic E-state index is 0.102. The predicted octanol–water partition coefficient (Wildman–Crippen LogP) is 4.11. The summed E-state index contributed by atoms with van der Waals surface area (Å²) in [6, 6.07) is 6.06. The van der Waals surface area contributed by atoms with E-state index >= 15 is 0 Å². The van der Waals surface area contributed by atoms with Crippen LogP contribution in [0.4, 0.5) is 17.1 Å². The average molecular weight is 388 g/mol. The number of nitrogens with one attached hydrogen (secondary N) is 2. The van der Waals surface area contributed by atoms with Crippen LogP contribution in [-0.4, -0.2) is 24.4 Å². The molecule has 0 aliphatic heterocycles. The topological polar surface area (TPSA) is 88.8 Å². The van der Waals surface area contributed by atoms with Crippen LogP contribution in [0.1, 0.15) is 0 Å². The number of hydrogen-bond acceptors (Lipinski definition) is 5. The van der Waals surface area contributed by atoms with E-state index in [1.54, 1.807) is 12.1 Å². The molecule has 0 aliphatic rings. The lowest BCUT2D eigenvalue weighted by Gasteiger charge is -2.16. The molecule has 2 aromatic carbocycles. The number of nitrogen functional groups attached to an aromatic ring is 1. The maximum Gasteiger partial charge on any atom is 0.175 e. The van der Waals surface area contributed by atoms with E-state index in [1.165, 1.54) is 26.4 Å². The minimum atomic E-state index is -0.102. The Labute approximate surface area is 154 Å². The third-order valence-electron chi connectivity index (χ3n) is 3.09. The van der Waals surface area contributed by atoms with Crippen LogP contribution < -0.4 is 25.8 Å². The third kappa shape index (κ3) is 4.05. The highest BCUT2D eigenvalue weighted by molar-refractivity contribution is 7.80. The van der Waals surface area contributed by atoms with Gasteiger partial charge in [-0.05, 0) is 24.4 Å². The van der Waals surface area contributed by atoms with Crippen LogP contribution in [-0.2, 0) is 0 Å². The molecule has 0 heterocycles. The Morgan fingerprint density at radius 2 is 1.62 bits per heavy atom.